The van der Waals surface area contributed by atoms with Crippen LogP contribution in [0.1, 0.15) is 0 Å². The second kappa shape index (κ2) is 1.89. The van der Waals surface area contributed by atoms with E-state index in [-0.39, 0.29) is 0 Å². The number of hydrogen-bond acceptors (Lipinski definition) is 0. The Bertz CT molecular complexity index is 120. The Morgan fingerprint density at radius 3 is 1.88 bits per heavy atom. The number of hydrogen-bond donors (Lipinski definition) is 0. The Hall–Kier alpha value is 0.260. The van der Waals surface area contributed by atoms with Gasteiger partial charge in [0.2, 0.25) is 0 Å². The van der Waals surface area contributed by atoms with Crippen molar-refractivity contribution in [3.05, 3.63) is 0 Å². The van der Waals surface area contributed by atoms with Crippen molar-refractivity contribution in [2.24, 2.45) is 0 Å². The minimum absolute atomic E-state index is 1.12. The van der Waals surface area contributed by atoms with Crippen molar-refractivity contribution in [3.63, 3.8) is 0 Å². The predicted octanol–water partition coefficient (Wildman–Crippen LogP) is 3.14. The molecule has 0 atom stereocenters. The molecule has 0 aromatic heterocycles. The van der Waals surface area contributed by atoms with Gasteiger partial charge in [0.05, 0.1) is 0 Å². The van der Waals surface area contributed by atoms with E-state index in [9.17, 15) is 12.6 Å². The zero-order valence-corrected chi connectivity index (χ0v) is 6.22. The topological polar surface area (TPSA) is 0 Å². The van der Waals surface area contributed by atoms with Gasteiger partial charge in [0, 0.05) is 0 Å². The molecule has 0 unspecified atom stereocenters. The molecule has 0 heterocycles. The van der Waals surface area contributed by atoms with Gasteiger partial charge in [-0.25, -0.2) is 0 Å². The molecule has 0 nitrogen and oxygen atoms in total. The van der Waals surface area contributed by atoms with E-state index < -0.39 is 12.4 Å². The zero-order valence-electron chi connectivity index (χ0n) is 3.74. The number of terminal acetylenes is 1. The van der Waals surface area contributed by atoms with Crippen molar-refractivity contribution in [3.8, 4) is 12.3 Å². The third-order valence-electron chi connectivity index (χ3n) is 0.330. The van der Waals surface area contributed by atoms with Gasteiger partial charge in [-0.1, -0.05) is 0 Å². The zero-order chi connectivity index (χ0) is 6.86. The Balaban J connectivity index is 3.98. The quantitative estimate of drug-likeness (QED) is 0.457. The molecule has 0 bridgehead atoms. The maximum atomic E-state index is 11.6. The molecular formula is C3H3BrF3P. The van der Waals surface area contributed by atoms with Crippen molar-refractivity contribution in [2.75, 3.05) is 6.16 Å². The molecule has 5 heteroatoms. The van der Waals surface area contributed by atoms with Crippen molar-refractivity contribution in [1.82, 2.24) is 0 Å². The summed E-state index contributed by atoms with van der Waals surface area (Å²) < 4.78 is 34.9. The van der Waals surface area contributed by atoms with E-state index in [1.54, 1.807) is 15.5 Å². The summed E-state index contributed by atoms with van der Waals surface area (Å²) in [5.74, 6) is 1.53. The predicted molar refractivity (Wildman–Crippen MR) is 32.9 cm³/mol. The maximum absolute atomic E-state index is 11.6. The van der Waals surface area contributed by atoms with Crippen molar-refractivity contribution < 1.29 is 12.6 Å². The number of halogens is 4. The van der Waals surface area contributed by atoms with Gasteiger partial charge in [0.15, 0.2) is 0 Å². The Kier molecular flexibility index (Phi) is 1.95. The summed E-state index contributed by atoms with van der Waals surface area (Å²) in [7, 11) is 0. The molecule has 0 aliphatic heterocycles. The number of rotatable bonds is 1. The molecule has 0 aromatic carbocycles. The van der Waals surface area contributed by atoms with Gasteiger partial charge in [-0.15, -0.1) is 0 Å². The van der Waals surface area contributed by atoms with Gasteiger partial charge in [0.1, 0.15) is 0 Å². The van der Waals surface area contributed by atoms with Crippen molar-refractivity contribution >= 4 is 21.7 Å². The molecule has 0 saturated heterocycles. The first kappa shape index (κ1) is 8.26. The van der Waals surface area contributed by atoms with Crippen LogP contribution in [0.25, 0.3) is 0 Å². The van der Waals surface area contributed by atoms with Crippen molar-refractivity contribution in [1.29, 1.82) is 0 Å². The Labute approximate surface area is 53.5 Å². The summed E-state index contributed by atoms with van der Waals surface area (Å²) in [6, 6.07) is 0. The molecule has 0 spiro atoms. The first-order valence-electron chi connectivity index (χ1n) is 1.63. The molecule has 0 fully saturated rings. The SMILES string of the molecule is C#CCP(F)(F)(F)Br. The van der Waals surface area contributed by atoms with Gasteiger partial charge < -0.3 is 0 Å². The molecule has 8 heavy (non-hydrogen) atoms. The fraction of sp³-hybridized carbons (Fsp3) is 0.333. The van der Waals surface area contributed by atoms with Crippen LogP contribution in [0.5, 0.6) is 0 Å². The Morgan fingerprint density at radius 2 is 1.88 bits per heavy atom. The normalized spacial score (nSPS) is 16.1. The van der Waals surface area contributed by atoms with E-state index in [0.717, 1.165) is 0 Å². The van der Waals surface area contributed by atoms with E-state index in [1.807, 2.05) is 0 Å². The fourth-order valence-corrected chi connectivity index (χ4v) is 0.848. The van der Waals surface area contributed by atoms with E-state index in [2.05, 4.69) is 6.42 Å². The van der Waals surface area contributed by atoms with Crippen LogP contribution in [0.2, 0.25) is 0 Å². The second-order valence-electron chi connectivity index (χ2n) is 1.22. The van der Waals surface area contributed by atoms with E-state index in [0.29, 0.717) is 0 Å². The molecule has 0 aliphatic carbocycles. The van der Waals surface area contributed by atoms with Crippen molar-refractivity contribution in [2.45, 2.75) is 0 Å². The molecular weight excluding hydrogens is 204 g/mol. The van der Waals surface area contributed by atoms with Gasteiger partial charge in [-0.05, 0) is 0 Å². The van der Waals surface area contributed by atoms with Gasteiger partial charge in [0.25, 0.3) is 0 Å². The summed E-state index contributed by atoms with van der Waals surface area (Å²) in [5.41, 5.74) is 0. The third kappa shape index (κ3) is 6.26. The Morgan fingerprint density at radius 1 is 1.50 bits per heavy atom. The van der Waals surface area contributed by atoms with Crippen LogP contribution in [0, 0.1) is 12.3 Å². The van der Waals surface area contributed by atoms with Crippen LogP contribution in [-0.2, 0) is 0 Å². The van der Waals surface area contributed by atoms with Gasteiger partial charge in [-0.2, -0.15) is 0 Å². The fourth-order valence-electron chi connectivity index (χ4n) is 0.138. The summed E-state index contributed by atoms with van der Waals surface area (Å²) in [6.45, 7) is 0. The van der Waals surface area contributed by atoms with Crippen LogP contribution in [0.15, 0.2) is 0 Å². The second-order valence-corrected chi connectivity index (χ2v) is 7.18. The summed E-state index contributed by atoms with van der Waals surface area (Å²) in [6.07, 6.45) is -2.72. The monoisotopic (exact) mass is 206 g/mol. The van der Waals surface area contributed by atoms with E-state index in [1.165, 1.54) is 5.92 Å². The molecule has 0 aromatic rings. The van der Waals surface area contributed by atoms with E-state index in [4.69, 9.17) is 0 Å². The minimum atomic E-state index is -6.03. The average Bonchev–Trinajstić information content (AvgIpc) is 1.25. The molecule has 48 valence electrons. The molecule has 0 saturated carbocycles. The molecule has 0 amide bonds. The van der Waals surface area contributed by atoms with Crippen LogP contribution in [-0.4, -0.2) is 6.16 Å². The molecule has 0 aliphatic rings. The summed E-state index contributed by atoms with van der Waals surface area (Å²) in [4.78, 5) is 0. The van der Waals surface area contributed by atoms with Gasteiger partial charge in [-0.3, -0.25) is 0 Å². The summed E-state index contributed by atoms with van der Waals surface area (Å²) in [5, 5.41) is 0. The van der Waals surface area contributed by atoms with Crippen LogP contribution in [0.4, 0.5) is 12.6 Å². The van der Waals surface area contributed by atoms with Crippen LogP contribution < -0.4 is 0 Å². The van der Waals surface area contributed by atoms with Crippen LogP contribution >= 0.6 is 21.7 Å². The third-order valence-corrected chi connectivity index (χ3v) is 1.74. The van der Waals surface area contributed by atoms with Crippen LogP contribution in [0.3, 0.4) is 0 Å². The van der Waals surface area contributed by atoms with Gasteiger partial charge >= 0.3 is 52.8 Å². The molecule has 0 N–H and O–H groups in total. The first-order chi connectivity index (χ1) is 3.31. The van der Waals surface area contributed by atoms with E-state index >= 15 is 0 Å². The average molecular weight is 207 g/mol. The summed E-state index contributed by atoms with van der Waals surface area (Å²) >= 11 is 1.63. The molecule has 0 rings (SSSR count). The molecule has 0 radical (unpaired) electrons. The first-order valence-corrected chi connectivity index (χ1v) is 5.75. The standard InChI is InChI=1S/C3H3BrF3P/c1-2-3-8(4,5,6)7/h1H,3H2.